The van der Waals surface area contributed by atoms with Gasteiger partial charge in [-0.1, -0.05) is 60.4 Å². The SMILES string of the molecule is O=C(Cc1ccc(F)cc1)N[C@H](Cc1ccccc1)c1nnc(N2CCCCCC2)o1. The van der Waals surface area contributed by atoms with E-state index in [1.54, 1.807) is 12.1 Å². The zero-order chi connectivity index (χ0) is 21.5. The number of halogens is 1. The Bertz CT molecular complexity index is 967. The van der Waals surface area contributed by atoms with Gasteiger partial charge in [-0.2, -0.15) is 0 Å². The van der Waals surface area contributed by atoms with Crippen molar-refractivity contribution >= 4 is 11.9 Å². The highest BCUT2D eigenvalue weighted by Crippen LogP contribution is 2.23. The Labute approximate surface area is 181 Å². The van der Waals surface area contributed by atoms with Crippen LogP contribution in [0.1, 0.15) is 48.7 Å². The van der Waals surface area contributed by atoms with Crippen molar-refractivity contribution in [3.8, 4) is 0 Å². The van der Waals surface area contributed by atoms with Gasteiger partial charge in [-0.25, -0.2) is 4.39 Å². The fraction of sp³-hybridized carbons (Fsp3) is 0.375. The van der Waals surface area contributed by atoms with Crippen molar-refractivity contribution in [1.29, 1.82) is 0 Å². The number of hydrogen-bond acceptors (Lipinski definition) is 5. The lowest BCUT2D eigenvalue weighted by molar-refractivity contribution is -0.121. The minimum atomic E-state index is -0.441. The van der Waals surface area contributed by atoms with Crippen molar-refractivity contribution < 1.29 is 13.6 Å². The molecule has 2 aromatic carbocycles. The molecule has 0 radical (unpaired) electrons. The van der Waals surface area contributed by atoms with Gasteiger partial charge >= 0.3 is 6.01 Å². The average Bonchev–Trinajstić information content (AvgIpc) is 3.11. The number of nitrogens with one attached hydrogen (secondary N) is 1. The Morgan fingerprint density at radius 3 is 2.39 bits per heavy atom. The normalized spacial score (nSPS) is 15.3. The van der Waals surface area contributed by atoms with E-state index in [0.717, 1.165) is 37.1 Å². The molecule has 0 unspecified atom stereocenters. The second-order valence-electron chi connectivity index (χ2n) is 7.94. The molecule has 0 bridgehead atoms. The standard InChI is InChI=1S/C24H27FN4O2/c25-20-12-10-19(11-13-20)17-22(30)26-21(16-18-8-4-3-5-9-18)23-27-28-24(31-23)29-14-6-1-2-7-15-29/h3-5,8-13,21H,1-2,6-7,14-17H2,(H,26,30)/t21-/m1/s1. The van der Waals surface area contributed by atoms with Crippen molar-refractivity contribution in [3.05, 3.63) is 77.4 Å². The predicted molar refractivity (Wildman–Crippen MR) is 116 cm³/mol. The zero-order valence-electron chi connectivity index (χ0n) is 17.5. The molecule has 0 aliphatic carbocycles. The third-order valence-electron chi connectivity index (χ3n) is 5.50. The van der Waals surface area contributed by atoms with Crippen LogP contribution in [0.5, 0.6) is 0 Å². The third-order valence-corrected chi connectivity index (χ3v) is 5.50. The molecule has 1 amide bonds. The molecule has 1 aliphatic heterocycles. The maximum Gasteiger partial charge on any atom is 0.318 e. The van der Waals surface area contributed by atoms with Crippen molar-refractivity contribution in [3.63, 3.8) is 0 Å². The van der Waals surface area contributed by atoms with Crippen LogP contribution in [0.2, 0.25) is 0 Å². The smallest absolute Gasteiger partial charge is 0.318 e. The number of nitrogens with zero attached hydrogens (tertiary/aromatic N) is 3. The topological polar surface area (TPSA) is 71.3 Å². The molecule has 162 valence electrons. The first-order valence-electron chi connectivity index (χ1n) is 10.8. The third kappa shape index (κ3) is 5.90. The highest BCUT2D eigenvalue weighted by molar-refractivity contribution is 5.78. The summed E-state index contributed by atoms with van der Waals surface area (Å²) in [6, 6.07) is 15.9. The van der Waals surface area contributed by atoms with Crippen LogP contribution in [0.25, 0.3) is 0 Å². The summed E-state index contributed by atoms with van der Waals surface area (Å²) in [4.78, 5) is 14.8. The number of hydrogen-bond donors (Lipinski definition) is 1. The van der Waals surface area contributed by atoms with Gasteiger partial charge in [-0.3, -0.25) is 4.79 Å². The van der Waals surface area contributed by atoms with Crippen LogP contribution in [0.15, 0.2) is 59.0 Å². The van der Waals surface area contributed by atoms with E-state index in [-0.39, 0.29) is 18.1 Å². The second kappa shape index (κ2) is 10.2. The summed E-state index contributed by atoms with van der Waals surface area (Å²) in [6.45, 7) is 1.81. The number of amides is 1. The Balaban J connectivity index is 1.50. The van der Waals surface area contributed by atoms with Gasteiger partial charge in [0, 0.05) is 19.5 Å². The molecule has 3 aromatic rings. The summed E-state index contributed by atoms with van der Waals surface area (Å²) >= 11 is 0. The van der Waals surface area contributed by atoms with Gasteiger partial charge < -0.3 is 14.6 Å². The van der Waals surface area contributed by atoms with Gasteiger partial charge in [-0.15, -0.1) is 5.10 Å². The zero-order valence-corrected chi connectivity index (χ0v) is 17.5. The van der Waals surface area contributed by atoms with Crippen molar-refractivity contribution in [1.82, 2.24) is 15.5 Å². The number of rotatable bonds is 7. The molecule has 1 saturated heterocycles. The molecule has 1 aliphatic rings. The summed E-state index contributed by atoms with van der Waals surface area (Å²) in [5.41, 5.74) is 1.80. The van der Waals surface area contributed by atoms with Crippen LogP contribution in [0, 0.1) is 5.82 Å². The molecule has 1 fully saturated rings. The fourth-order valence-electron chi connectivity index (χ4n) is 3.84. The molecule has 7 heteroatoms. The Kier molecular flexibility index (Phi) is 6.92. The fourth-order valence-corrected chi connectivity index (χ4v) is 3.84. The first-order valence-corrected chi connectivity index (χ1v) is 10.8. The van der Waals surface area contributed by atoms with Gasteiger partial charge in [0.05, 0.1) is 6.42 Å². The van der Waals surface area contributed by atoms with Crippen LogP contribution >= 0.6 is 0 Å². The molecule has 31 heavy (non-hydrogen) atoms. The van der Waals surface area contributed by atoms with Crippen LogP contribution in [-0.2, 0) is 17.6 Å². The highest BCUT2D eigenvalue weighted by Gasteiger charge is 2.24. The maximum absolute atomic E-state index is 13.1. The Morgan fingerprint density at radius 2 is 1.68 bits per heavy atom. The number of benzene rings is 2. The van der Waals surface area contributed by atoms with Crippen LogP contribution in [0.4, 0.5) is 10.4 Å². The quantitative estimate of drug-likeness (QED) is 0.617. The van der Waals surface area contributed by atoms with E-state index in [0.29, 0.717) is 18.3 Å². The van der Waals surface area contributed by atoms with Gasteiger partial charge in [-0.05, 0) is 36.1 Å². The highest BCUT2D eigenvalue weighted by atomic mass is 19.1. The molecular weight excluding hydrogens is 395 g/mol. The van der Waals surface area contributed by atoms with Crippen LogP contribution in [0.3, 0.4) is 0 Å². The summed E-state index contributed by atoms with van der Waals surface area (Å²) < 4.78 is 19.2. The van der Waals surface area contributed by atoms with E-state index in [1.807, 2.05) is 30.3 Å². The minimum Gasteiger partial charge on any atom is -0.406 e. The van der Waals surface area contributed by atoms with Gasteiger partial charge in [0.15, 0.2) is 0 Å². The van der Waals surface area contributed by atoms with E-state index in [2.05, 4.69) is 20.4 Å². The second-order valence-corrected chi connectivity index (χ2v) is 7.94. The monoisotopic (exact) mass is 422 g/mol. The van der Waals surface area contributed by atoms with Gasteiger partial charge in [0.1, 0.15) is 11.9 Å². The largest absolute Gasteiger partial charge is 0.406 e. The van der Waals surface area contributed by atoms with Crippen molar-refractivity contribution in [2.75, 3.05) is 18.0 Å². The van der Waals surface area contributed by atoms with E-state index < -0.39 is 6.04 Å². The summed E-state index contributed by atoms with van der Waals surface area (Å²) in [7, 11) is 0. The van der Waals surface area contributed by atoms with Gasteiger partial charge in [0.25, 0.3) is 0 Å². The minimum absolute atomic E-state index is 0.151. The Morgan fingerprint density at radius 1 is 0.968 bits per heavy atom. The Hall–Kier alpha value is -3.22. The van der Waals surface area contributed by atoms with E-state index in [1.165, 1.54) is 25.0 Å². The van der Waals surface area contributed by atoms with E-state index in [9.17, 15) is 9.18 Å². The molecule has 1 aromatic heterocycles. The van der Waals surface area contributed by atoms with Crippen molar-refractivity contribution in [2.45, 2.75) is 44.6 Å². The molecule has 6 nitrogen and oxygen atoms in total. The molecular formula is C24H27FN4O2. The number of carbonyl (C=O) groups excluding carboxylic acids is 1. The lowest BCUT2D eigenvalue weighted by Gasteiger charge is -2.18. The molecule has 2 heterocycles. The summed E-state index contributed by atoms with van der Waals surface area (Å²) in [5, 5.41) is 11.6. The molecule has 4 rings (SSSR count). The maximum atomic E-state index is 13.1. The molecule has 0 saturated carbocycles. The first kappa shape index (κ1) is 21.0. The molecule has 1 N–H and O–H groups in total. The van der Waals surface area contributed by atoms with Crippen molar-refractivity contribution in [2.24, 2.45) is 0 Å². The van der Waals surface area contributed by atoms with Crippen LogP contribution in [-0.4, -0.2) is 29.2 Å². The van der Waals surface area contributed by atoms with E-state index >= 15 is 0 Å². The first-order chi connectivity index (χ1) is 15.2. The molecule has 1 atom stereocenters. The van der Waals surface area contributed by atoms with Gasteiger partial charge in [0.2, 0.25) is 11.8 Å². The summed E-state index contributed by atoms with van der Waals surface area (Å²) in [5.74, 6) is -0.101. The lowest BCUT2D eigenvalue weighted by atomic mass is 10.1. The molecule has 0 spiro atoms. The average molecular weight is 423 g/mol. The number of carbonyl (C=O) groups is 1. The van der Waals surface area contributed by atoms with E-state index in [4.69, 9.17) is 4.42 Å². The number of anilines is 1. The predicted octanol–water partition coefficient (Wildman–Crippen LogP) is 4.23. The van der Waals surface area contributed by atoms with Crippen LogP contribution < -0.4 is 10.2 Å². The number of aromatic nitrogens is 2. The summed E-state index contributed by atoms with van der Waals surface area (Å²) in [6.07, 6.45) is 5.34. The lowest BCUT2D eigenvalue weighted by Crippen LogP contribution is -2.31.